The molecule has 3 aliphatic rings. The maximum absolute atomic E-state index is 11.8. The van der Waals surface area contributed by atoms with Gasteiger partial charge < -0.3 is 14.7 Å². The smallest absolute Gasteiger partial charge is 0.219 e. The Bertz CT molecular complexity index is 963. The zero-order valence-electron chi connectivity index (χ0n) is 15.8. The molecule has 1 spiro atoms. The van der Waals surface area contributed by atoms with Crippen molar-refractivity contribution in [2.75, 3.05) is 13.1 Å². The number of carbonyl (C=O) groups excluding carboxylic acids is 1. The Labute approximate surface area is 164 Å². The first-order valence-corrected chi connectivity index (χ1v) is 9.76. The number of para-hydroxylation sites is 2. The zero-order valence-corrected chi connectivity index (χ0v) is 15.8. The molecule has 3 heterocycles. The molecular weight excluding hydrogens is 354 g/mol. The minimum atomic E-state index is -0.558. The second kappa shape index (κ2) is 6.26. The Morgan fingerprint density at radius 2 is 1.86 bits per heavy atom. The van der Waals surface area contributed by atoms with Crippen LogP contribution in [-0.2, 0) is 4.79 Å². The van der Waals surface area contributed by atoms with Gasteiger partial charge >= 0.3 is 0 Å². The van der Waals surface area contributed by atoms with Crippen molar-refractivity contribution in [3.63, 3.8) is 0 Å². The van der Waals surface area contributed by atoms with E-state index in [4.69, 9.17) is 9.84 Å². The van der Waals surface area contributed by atoms with Crippen molar-refractivity contribution in [2.45, 2.75) is 38.0 Å². The molecule has 2 aromatic carbocycles. The van der Waals surface area contributed by atoms with Crippen LogP contribution in [0.2, 0.25) is 0 Å². The molecule has 0 saturated carbocycles. The van der Waals surface area contributed by atoms with E-state index in [0.29, 0.717) is 25.9 Å². The van der Waals surface area contributed by atoms with Crippen molar-refractivity contribution in [3.05, 3.63) is 59.7 Å². The quantitative estimate of drug-likeness (QED) is 0.828. The molecule has 3 aliphatic heterocycles. The summed E-state index contributed by atoms with van der Waals surface area (Å²) >= 11 is 0. The molecule has 1 N–H and O–H groups in total. The first-order chi connectivity index (χ1) is 13.6. The molecule has 144 valence electrons. The van der Waals surface area contributed by atoms with E-state index in [1.54, 1.807) is 13.0 Å². The van der Waals surface area contributed by atoms with Gasteiger partial charge in [-0.3, -0.25) is 4.79 Å². The number of fused-ring (bicyclic) bond motifs is 4. The van der Waals surface area contributed by atoms with Crippen molar-refractivity contribution in [1.82, 2.24) is 9.91 Å². The summed E-state index contributed by atoms with van der Waals surface area (Å²) in [5.41, 5.74) is 2.20. The first-order valence-electron chi connectivity index (χ1n) is 9.76. The molecule has 5 rings (SSSR count). The number of benzene rings is 2. The monoisotopic (exact) mass is 377 g/mol. The fourth-order valence-corrected chi connectivity index (χ4v) is 4.61. The van der Waals surface area contributed by atoms with Crippen LogP contribution in [0.4, 0.5) is 0 Å². The predicted molar refractivity (Wildman–Crippen MR) is 105 cm³/mol. The molecule has 1 unspecified atom stereocenters. The van der Waals surface area contributed by atoms with Crippen LogP contribution in [0, 0.1) is 0 Å². The van der Waals surface area contributed by atoms with Crippen molar-refractivity contribution < 1.29 is 14.6 Å². The van der Waals surface area contributed by atoms with Gasteiger partial charge in [0.2, 0.25) is 11.6 Å². The highest BCUT2D eigenvalue weighted by Gasteiger charge is 2.52. The normalized spacial score (nSPS) is 22.3. The summed E-state index contributed by atoms with van der Waals surface area (Å²) in [4.78, 5) is 13.7. The molecule has 6 heteroatoms. The van der Waals surface area contributed by atoms with Gasteiger partial charge in [0.25, 0.3) is 0 Å². The molecule has 0 aliphatic carbocycles. The number of ether oxygens (including phenoxy) is 1. The van der Waals surface area contributed by atoms with Gasteiger partial charge in [-0.05, 0) is 18.2 Å². The van der Waals surface area contributed by atoms with E-state index in [2.05, 4.69) is 11.1 Å². The summed E-state index contributed by atoms with van der Waals surface area (Å²) in [6, 6.07) is 15.5. The third-order valence-corrected chi connectivity index (χ3v) is 6.11. The minimum absolute atomic E-state index is 0.0726. The van der Waals surface area contributed by atoms with E-state index in [-0.39, 0.29) is 17.7 Å². The summed E-state index contributed by atoms with van der Waals surface area (Å²) in [5.74, 6) is 1.24. The molecular formula is C22H23N3O3. The lowest BCUT2D eigenvalue weighted by Crippen LogP contribution is -2.59. The Balaban J connectivity index is 1.56. The maximum atomic E-state index is 11.8. The highest BCUT2D eigenvalue weighted by molar-refractivity contribution is 6.04. The second-order valence-electron chi connectivity index (χ2n) is 7.72. The van der Waals surface area contributed by atoms with Crippen molar-refractivity contribution in [2.24, 2.45) is 5.10 Å². The van der Waals surface area contributed by atoms with Crippen LogP contribution in [-0.4, -0.2) is 45.4 Å². The van der Waals surface area contributed by atoms with E-state index in [1.807, 2.05) is 41.3 Å². The van der Waals surface area contributed by atoms with Crippen LogP contribution in [0.3, 0.4) is 0 Å². The lowest BCUT2D eigenvalue weighted by atomic mass is 9.90. The van der Waals surface area contributed by atoms with E-state index in [0.717, 1.165) is 29.0 Å². The van der Waals surface area contributed by atoms with Crippen molar-refractivity contribution >= 4 is 11.6 Å². The Hall–Kier alpha value is -3.02. The van der Waals surface area contributed by atoms with E-state index in [1.165, 1.54) is 0 Å². The Morgan fingerprint density at radius 3 is 2.61 bits per heavy atom. The minimum Gasteiger partial charge on any atom is -0.507 e. The molecule has 0 bridgehead atoms. The van der Waals surface area contributed by atoms with Gasteiger partial charge in [0.05, 0.1) is 11.8 Å². The Kier molecular flexibility index (Phi) is 3.82. The standard InChI is InChI=1S/C22H23N3O3/c1-15(26)24-12-10-22(11-13-24)25-19(17-7-3-5-9-21(17)28-22)14-18(23-25)16-6-2-4-8-20(16)27/h2-9,19,27H,10-14H2,1H3. The third kappa shape index (κ3) is 2.55. The fraction of sp³-hybridized carbons (Fsp3) is 0.364. The summed E-state index contributed by atoms with van der Waals surface area (Å²) in [6.45, 7) is 2.92. The van der Waals surface area contributed by atoms with Crippen LogP contribution < -0.4 is 4.74 Å². The predicted octanol–water partition coefficient (Wildman–Crippen LogP) is 3.27. The highest BCUT2D eigenvalue weighted by atomic mass is 16.5. The second-order valence-corrected chi connectivity index (χ2v) is 7.72. The number of hydrogen-bond acceptors (Lipinski definition) is 5. The molecule has 1 saturated heterocycles. The molecule has 1 amide bonds. The third-order valence-electron chi connectivity index (χ3n) is 6.11. The molecule has 28 heavy (non-hydrogen) atoms. The van der Waals surface area contributed by atoms with Crippen LogP contribution in [0.15, 0.2) is 53.6 Å². The van der Waals surface area contributed by atoms with E-state index in [9.17, 15) is 9.90 Å². The highest BCUT2D eigenvalue weighted by Crippen LogP contribution is 2.50. The van der Waals surface area contributed by atoms with Crippen LogP contribution in [0.1, 0.15) is 43.4 Å². The van der Waals surface area contributed by atoms with Gasteiger partial charge in [0.1, 0.15) is 11.5 Å². The summed E-state index contributed by atoms with van der Waals surface area (Å²) < 4.78 is 6.54. The summed E-state index contributed by atoms with van der Waals surface area (Å²) in [5, 5.41) is 17.4. The average Bonchev–Trinajstić information content (AvgIpc) is 3.15. The number of amides is 1. The van der Waals surface area contributed by atoms with Gasteiger partial charge in [-0.25, -0.2) is 5.01 Å². The molecule has 0 radical (unpaired) electrons. The molecule has 2 aromatic rings. The summed E-state index contributed by atoms with van der Waals surface area (Å²) in [6.07, 6.45) is 2.13. The van der Waals surface area contributed by atoms with Gasteiger partial charge in [-0.15, -0.1) is 0 Å². The zero-order chi connectivity index (χ0) is 19.3. The molecule has 1 fully saturated rings. The topological polar surface area (TPSA) is 65.4 Å². The number of piperidine rings is 1. The summed E-state index contributed by atoms with van der Waals surface area (Å²) in [7, 11) is 0. The average molecular weight is 377 g/mol. The molecule has 6 nitrogen and oxygen atoms in total. The number of phenolic OH excluding ortho intramolecular Hbond substituents is 1. The number of carbonyl (C=O) groups is 1. The largest absolute Gasteiger partial charge is 0.507 e. The number of phenols is 1. The van der Waals surface area contributed by atoms with Crippen LogP contribution in [0.25, 0.3) is 0 Å². The number of hydrogen-bond donors (Lipinski definition) is 1. The van der Waals surface area contributed by atoms with Crippen molar-refractivity contribution in [1.29, 1.82) is 0 Å². The van der Waals surface area contributed by atoms with Gasteiger partial charge in [0, 0.05) is 50.4 Å². The molecule has 1 atom stereocenters. The first kappa shape index (κ1) is 17.1. The van der Waals surface area contributed by atoms with Gasteiger partial charge in [-0.1, -0.05) is 30.3 Å². The number of nitrogens with zero attached hydrogens (tertiary/aromatic N) is 3. The van der Waals surface area contributed by atoms with E-state index >= 15 is 0 Å². The number of likely N-dealkylation sites (tertiary alicyclic amines) is 1. The number of aromatic hydroxyl groups is 1. The fourth-order valence-electron chi connectivity index (χ4n) is 4.61. The van der Waals surface area contributed by atoms with Gasteiger partial charge in [0.15, 0.2) is 0 Å². The Morgan fingerprint density at radius 1 is 1.14 bits per heavy atom. The maximum Gasteiger partial charge on any atom is 0.219 e. The molecule has 0 aromatic heterocycles. The lowest BCUT2D eigenvalue weighted by molar-refractivity contribution is -0.158. The van der Waals surface area contributed by atoms with Gasteiger partial charge in [-0.2, -0.15) is 5.10 Å². The SMILES string of the molecule is CC(=O)N1CCC2(CC1)Oc1ccccc1C1CC(c3ccccc3O)=NN12. The number of rotatable bonds is 1. The van der Waals surface area contributed by atoms with Crippen molar-refractivity contribution in [3.8, 4) is 11.5 Å². The lowest BCUT2D eigenvalue weighted by Gasteiger charge is -2.51. The van der Waals surface area contributed by atoms with Crippen LogP contribution >= 0.6 is 0 Å². The van der Waals surface area contributed by atoms with E-state index < -0.39 is 5.72 Å². The number of hydrazone groups is 1. The van der Waals surface area contributed by atoms with Crippen LogP contribution in [0.5, 0.6) is 11.5 Å².